The minimum absolute atomic E-state index is 0.780. The van der Waals surface area contributed by atoms with Gasteiger partial charge >= 0.3 is 5.69 Å². The van der Waals surface area contributed by atoms with Crippen LogP contribution in [0.1, 0.15) is 55.6 Å². The smallest absolute Gasteiger partial charge is 0.345 e. The van der Waals surface area contributed by atoms with Gasteiger partial charge in [-0.05, 0) is 149 Å². The molecular weight excluding hydrogens is 535 g/mol. The van der Waals surface area contributed by atoms with Crippen molar-refractivity contribution < 1.29 is 9.05 Å². The molecule has 0 atom stereocenters. The Morgan fingerprint density at radius 1 is 0.487 bits per heavy atom. The predicted molar refractivity (Wildman–Crippen MR) is 175 cm³/mol. The zero-order valence-electron chi connectivity index (χ0n) is 24.6. The van der Waals surface area contributed by atoms with E-state index >= 15 is 0 Å². The summed E-state index contributed by atoms with van der Waals surface area (Å²) in [4.78, 5) is 0. The SMILES string of the molecule is Cc1cc(C)c(-c2cc(C)c(C)c3c2OP(=S)(S)Oc2c(-c4c(C)cc(C)cc4C)cc(C)c(C)c2-3)c(C)c1. The Balaban J connectivity index is 1.98. The van der Waals surface area contributed by atoms with Gasteiger partial charge in [-0.1, -0.05) is 47.6 Å². The van der Waals surface area contributed by atoms with Crippen molar-refractivity contribution in [1.82, 2.24) is 0 Å². The van der Waals surface area contributed by atoms with Gasteiger partial charge in [0.25, 0.3) is 0 Å². The summed E-state index contributed by atoms with van der Waals surface area (Å²) >= 11 is 10.9. The van der Waals surface area contributed by atoms with E-state index in [2.05, 4.69) is 106 Å². The lowest BCUT2D eigenvalue weighted by Gasteiger charge is -2.23. The van der Waals surface area contributed by atoms with Gasteiger partial charge in [-0.15, -0.1) is 0 Å². The highest BCUT2D eigenvalue weighted by Crippen LogP contribution is 2.64. The lowest BCUT2D eigenvalue weighted by molar-refractivity contribution is 0.518. The third kappa shape index (κ3) is 4.75. The van der Waals surface area contributed by atoms with Gasteiger partial charge in [0.15, 0.2) is 0 Å². The highest BCUT2D eigenvalue weighted by atomic mass is 32.9. The third-order valence-corrected chi connectivity index (χ3v) is 9.92. The molecule has 0 amide bonds. The topological polar surface area (TPSA) is 18.5 Å². The molecule has 0 aliphatic carbocycles. The first-order valence-electron chi connectivity index (χ1n) is 13.4. The lowest BCUT2D eigenvalue weighted by Crippen LogP contribution is -2.00. The minimum Gasteiger partial charge on any atom is -0.427 e. The second-order valence-corrected chi connectivity index (χ2v) is 16.5. The van der Waals surface area contributed by atoms with Crippen LogP contribution in [0.4, 0.5) is 0 Å². The van der Waals surface area contributed by atoms with Crippen molar-refractivity contribution >= 4 is 29.7 Å². The lowest BCUT2D eigenvalue weighted by atomic mass is 9.82. The molecule has 2 nitrogen and oxygen atoms in total. The van der Waals surface area contributed by atoms with Crippen LogP contribution >= 0.6 is 17.9 Å². The quantitative estimate of drug-likeness (QED) is 0.190. The molecule has 0 bridgehead atoms. The van der Waals surface area contributed by atoms with Crippen LogP contribution in [0.2, 0.25) is 0 Å². The molecule has 5 heteroatoms. The maximum absolute atomic E-state index is 6.72. The zero-order valence-corrected chi connectivity index (χ0v) is 27.2. The monoisotopic (exact) mass is 572 g/mol. The van der Waals surface area contributed by atoms with E-state index in [-0.39, 0.29) is 0 Å². The first-order valence-corrected chi connectivity index (χ1v) is 17.2. The van der Waals surface area contributed by atoms with Gasteiger partial charge in [0.1, 0.15) is 11.5 Å². The van der Waals surface area contributed by atoms with E-state index in [0.29, 0.717) is 0 Å². The summed E-state index contributed by atoms with van der Waals surface area (Å²) in [7, 11) is 0. The van der Waals surface area contributed by atoms with E-state index in [1.807, 2.05) is 0 Å². The summed E-state index contributed by atoms with van der Waals surface area (Å²) in [6, 6.07) is 13.4. The highest BCUT2D eigenvalue weighted by Gasteiger charge is 2.35. The number of benzene rings is 4. The van der Waals surface area contributed by atoms with Crippen molar-refractivity contribution in [2.75, 3.05) is 0 Å². The molecule has 4 aromatic carbocycles. The van der Waals surface area contributed by atoms with Crippen LogP contribution in [0, 0.1) is 69.2 Å². The average molecular weight is 573 g/mol. The molecule has 0 saturated heterocycles. The fourth-order valence-electron chi connectivity index (χ4n) is 6.41. The Hall–Kier alpha value is -2.52. The van der Waals surface area contributed by atoms with Gasteiger partial charge in [-0.3, -0.25) is 0 Å². The number of fused-ring (bicyclic) bond motifs is 3. The predicted octanol–water partition coefficient (Wildman–Crippen LogP) is 10.7. The number of aryl methyl sites for hydroxylation is 8. The average Bonchev–Trinajstić information content (AvgIpc) is 2.92. The summed E-state index contributed by atoms with van der Waals surface area (Å²) in [5, 5.41) is 0. The molecule has 5 rings (SSSR count). The van der Waals surface area contributed by atoms with Gasteiger partial charge < -0.3 is 9.05 Å². The molecule has 0 radical (unpaired) electrons. The maximum atomic E-state index is 6.72. The number of hydrogen-bond donors (Lipinski definition) is 1. The van der Waals surface area contributed by atoms with Gasteiger partial charge in [0.05, 0.1) is 0 Å². The van der Waals surface area contributed by atoms with Crippen molar-refractivity contribution in [3.8, 4) is 44.9 Å². The van der Waals surface area contributed by atoms with Crippen LogP contribution in [-0.4, -0.2) is 0 Å². The summed E-state index contributed by atoms with van der Waals surface area (Å²) in [6.45, 7) is 21.7. The summed E-state index contributed by atoms with van der Waals surface area (Å²) < 4.78 is 13.4. The van der Waals surface area contributed by atoms with Crippen molar-refractivity contribution in [3.05, 3.63) is 92.0 Å². The van der Waals surface area contributed by atoms with Crippen molar-refractivity contribution in [3.63, 3.8) is 0 Å². The Kier molecular flexibility index (Phi) is 7.07. The zero-order chi connectivity index (χ0) is 28.5. The fraction of sp³-hybridized carbons (Fsp3) is 0.294. The van der Waals surface area contributed by atoms with Crippen LogP contribution < -0.4 is 9.05 Å². The fourth-order valence-corrected chi connectivity index (χ4v) is 8.22. The first kappa shape index (κ1) is 28.0. The van der Waals surface area contributed by atoms with Crippen LogP contribution in [0.15, 0.2) is 36.4 Å². The Morgan fingerprint density at radius 3 is 1.10 bits per heavy atom. The highest BCUT2D eigenvalue weighted by molar-refractivity contribution is 8.60. The standard InChI is InChI=1S/C34H37O2PS2/c1-17-11-21(5)29(22(6)12-17)27-15-19(3)25(9)31-32-26(10)20(4)16-28(30-23(7)13-18(2)14-24(30)8)34(32)36-37(38,39)35-33(27)31/h11-16H,1-10H3,(H,38,39). The molecule has 0 aromatic heterocycles. The van der Waals surface area contributed by atoms with E-state index < -0.39 is 5.69 Å². The molecular formula is C34H37O2PS2. The summed E-state index contributed by atoms with van der Waals surface area (Å²) in [5.41, 5.74) is 15.7. The number of hydrogen-bond acceptors (Lipinski definition) is 3. The molecule has 0 saturated carbocycles. The van der Waals surface area contributed by atoms with E-state index in [9.17, 15) is 0 Å². The molecule has 0 spiro atoms. The molecule has 0 fully saturated rings. The molecule has 0 unspecified atom stereocenters. The van der Waals surface area contributed by atoms with Gasteiger partial charge in [-0.25, -0.2) is 0 Å². The third-order valence-electron chi connectivity index (χ3n) is 8.15. The Bertz CT molecular complexity index is 1580. The van der Waals surface area contributed by atoms with E-state index in [0.717, 1.165) is 33.8 Å². The summed E-state index contributed by atoms with van der Waals surface area (Å²) in [6.07, 6.45) is 0. The molecule has 1 aliphatic rings. The maximum Gasteiger partial charge on any atom is 0.345 e. The Labute approximate surface area is 244 Å². The van der Waals surface area contributed by atoms with Gasteiger partial charge in [-0.2, -0.15) is 0 Å². The molecule has 39 heavy (non-hydrogen) atoms. The van der Waals surface area contributed by atoms with Crippen molar-refractivity contribution in [1.29, 1.82) is 0 Å². The molecule has 0 N–H and O–H groups in total. The van der Waals surface area contributed by atoms with Crippen molar-refractivity contribution in [2.24, 2.45) is 0 Å². The van der Waals surface area contributed by atoms with E-state index in [1.54, 1.807) is 0 Å². The largest absolute Gasteiger partial charge is 0.427 e. The van der Waals surface area contributed by atoms with Gasteiger partial charge in [0, 0.05) is 22.3 Å². The molecule has 1 heterocycles. The number of thiol groups is 1. The van der Waals surface area contributed by atoms with E-state index in [4.69, 9.17) is 33.1 Å². The normalized spacial score (nSPS) is 13.7. The second-order valence-electron chi connectivity index (χ2n) is 11.3. The van der Waals surface area contributed by atoms with Crippen LogP contribution in [0.3, 0.4) is 0 Å². The van der Waals surface area contributed by atoms with E-state index in [1.165, 1.54) is 66.8 Å². The van der Waals surface area contributed by atoms with Crippen LogP contribution in [0.5, 0.6) is 11.5 Å². The van der Waals surface area contributed by atoms with Crippen molar-refractivity contribution in [2.45, 2.75) is 69.2 Å². The van der Waals surface area contributed by atoms with Crippen LogP contribution in [0.25, 0.3) is 33.4 Å². The molecule has 1 aliphatic heterocycles. The molecule has 4 aromatic rings. The summed E-state index contributed by atoms with van der Waals surface area (Å²) in [5.74, 6) is 1.56. The number of rotatable bonds is 2. The molecule has 202 valence electrons. The second kappa shape index (κ2) is 9.84. The minimum atomic E-state index is -3.01. The van der Waals surface area contributed by atoms with Gasteiger partial charge in [0.2, 0.25) is 0 Å². The van der Waals surface area contributed by atoms with Crippen LogP contribution in [-0.2, 0) is 11.8 Å². The Morgan fingerprint density at radius 2 is 0.795 bits per heavy atom. The first-order chi connectivity index (χ1) is 18.2.